The maximum absolute atomic E-state index is 12.2. The van der Waals surface area contributed by atoms with E-state index in [1.165, 1.54) is 0 Å². The minimum atomic E-state index is -0.0550. The second-order valence-electron chi connectivity index (χ2n) is 4.95. The fourth-order valence-corrected chi connectivity index (χ4v) is 3.89. The molecule has 0 aromatic carbocycles. The molecular formula is C14H16N4OS2. The van der Waals surface area contributed by atoms with Crippen molar-refractivity contribution < 1.29 is 0 Å². The largest absolute Gasteiger partial charge is 0.309 e. The van der Waals surface area contributed by atoms with Crippen LogP contribution < -0.4 is 10.9 Å². The van der Waals surface area contributed by atoms with Crippen LogP contribution in [0, 0.1) is 13.8 Å². The Labute approximate surface area is 130 Å². The maximum atomic E-state index is 12.2. The highest BCUT2D eigenvalue weighted by molar-refractivity contribution is 7.18. The average molecular weight is 320 g/mol. The fraction of sp³-hybridized carbons (Fsp3) is 0.357. The average Bonchev–Trinajstić information content (AvgIpc) is 3.06. The Hall–Kier alpha value is -1.57. The first-order valence-corrected chi connectivity index (χ1v) is 8.37. The summed E-state index contributed by atoms with van der Waals surface area (Å²) >= 11 is 3.18. The number of H-pyrrole nitrogens is 1. The molecular weight excluding hydrogens is 304 g/mol. The molecule has 5 nitrogen and oxygen atoms in total. The zero-order valence-electron chi connectivity index (χ0n) is 12.1. The van der Waals surface area contributed by atoms with E-state index in [4.69, 9.17) is 0 Å². The number of hydrogen-bond donors (Lipinski definition) is 2. The van der Waals surface area contributed by atoms with Crippen LogP contribution in [0.15, 0.2) is 16.4 Å². The molecule has 21 heavy (non-hydrogen) atoms. The van der Waals surface area contributed by atoms with Gasteiger partial charge in [-0.25, -0.2) is 9.97 Å². The van der Waals surface area contributed by atoms with Crippen molar-refractivity contribution in [3.63, 3.8) is 0 Å². The number of nitrogens with zero attached hydrogens (tertiary/aromatic N) is 2. The van der Waals surface area contributed by atoms with E-state index in [0.29, 0.717) is 17.8 Å². The third-order valence-corrected chi connectivity index (χ3v) is 5.55. The van der Waals surface area contributed by atoms with E-state index in [-0.39, 0.29) is 11.6 Å². The zero-order valence-corrected chi connectivity index (χ0v) is 13.7. The summed E-state index contributed by atoms with van der Waals surface area (Å²) in [6, 6.07) is 0.137. The number of hydrogen-bond acceptors (Lipinski definition) is 6. The molecule has 0 amide bonds. The van der Waals surface area contributed by atoms with E-state index >= 15 is 0 Å². The Morgan fingerprint density at radius 1 is 1.43 bits per heavy atom. The number of rotatable bonds is 4. The van der Waals surface area contributed by atoms with Crippen molar-refractivity contribution in [1.29, 1.82) is 0 Å². The van der Waals surface area contributed by atoms with Crippen LogP contribution in [-0.2, 0) is 6.54 Å². The number of aromatic amines is 1. The SMILES string of the molecule is Cc1sc2nc(CNC(C)c3nccs3)[nH]c(=O)c2c1C. The lowest BCUT2D eigenvalue weighted by molar-refractivity contribution is 0.557. The van der Waals surface area contributed by atoms with Crippen molar-refractivity contribution in [3.05, 3.63) is 43.2 Å². The van der Waals surface area contributed by atoms with E-state index in [0.717, 1.165) is 20.3 Å². The summed E-state index contributed by atoms with van der Waals surface area (Å²) in [6.07, 6.45) is 1.79. The lowest BCUT2D eigenvalue weighted by atomic mass is 10.2. The Morgan fingerprint density at radius 2 is 2.24 bits per heavy atom. The smallest absolute Gasteiger partial charge is 0.259 e. The number of aromatic nitrogens is 3. The molecule has 3 heterocycles. The van der Waals surface area contributed by atoms with Gasteiger partial charge in [-0.3, -0.25) is 4.79 Å². The van der Waals surface area contributed by atoms with Gasteiger partial charge < -0.3 is 10.3 Å². The predicted octanol–water partition coefficient (Wildman–Crippen LogP) is 2.91. The Morgan fingerprint density at radius 3 is 2.95 bits per heavy atom. The highest BCUT2D eigenvalue weighted by Gasteiger charge is 2.13. The number of aryl methyl sites for hydroxylation is 2. The minimum Gasteiger partial charge on any atom is -0.309 e. The van der Waals surface area contributed by atoms with Crippen LogP contribution in [0.5, 0.6) is 0 Å². The molecule has 7 heteroatoms. The quantitative estimate of drug-likeness (QED) is 0.775. The van der Waals surface area contributed by atoms with Gasteiger partial charge in [0.2, 0.25) is 0 Å². The summed E-state index contributed by atoms with van der Waals surface area (Å²) in [7, 11) is 0. The second kappa shape index (κ2) is 5.67. The summed E-state index contributed by atoms with van der Waals surface area (Å²) in [5.41, 5.74) is 0.972. The standard InChI is InChI=1S/C14H16N4OS2/c1-7-9(3)21-14-11(7)12(19)17-10(18-14)6-16-8(2)13-15-4-5-20-13/h4-5,8,16H,6H2,1-3H3,(H,17,18,19). The van der Waals surface area contributed by atoms with Crippen LogP contribution in [0.4, 0.5) is 0 Å². The molecule has 0 aliphatic rings. The topological polar surface area (TPSA) is 70.7 Å². The van der Waals surface area contributed by atoms with Crippen molar-refractivity contribution in [2.24, 2.45) is 0 Å². The van der Waals surface area contributed by atoms with Gasteiger partial charge in [0.1, 0.15) is 15.7 Å². The van der Waals surface area contributed by atoms with Crippen LogP contribution >= 0.6 is 22.7 Å². The van der Waals surface area contributed by atoms with Crippen LogP contribution in [-0.4, -0.2) is 15.0 Å². The highest BCUT2D eigenvalue weighted by Crippen LogP contribution is 2.25. The van der Waals surface area contributed by atoms with E-state index in [9.17, 15) is 4.79 Å². The summed E-state index contributed by atoms with van der Waals surface area (Å²) < 4.78 is 0. The number of thiophene rings is 1. The number of fused-ring (bicyclic) bond motifs is 1. The van der Waals surface area contributed by atoms with E-state index < -0.39 is 0 Å². The zero-order chi connectivity index (χ0) is 15.0. The van der Waals surface area contributed by atoms with Gasteiger partial charge in [-0.2, -0.15) is 0 Å². The summed E-state index contributed by atoms with van der Waals surface area (Å²) in [5.74, 6) is 0.664. The van der Waals surface area contributed by atoms with Gasteiger partial charge in [0.25, 0.3) is 5.56 Å². The first-order chi connectivity index (χ1) is 10.1. The molecule has 0 radical (unpaired) electrons. The molecule has 0 saturated heterocycles. The molecule has 0 saturated carbocycles. The molecule has 3 aromatic heterocycles. The molecule has 0 fully saturated rings. The van der Waals surface area contributed by atoms with Crippen LogP contribution in [0.2, 0.25) is 0 Å². The lowest BCUT2D eigenvalue weighted by Gasteiger charge is -2.10. The summed E-state index contributed by atoms with van der Waals surface area (Å²) in [5, 5.41) is 7.04. The first-order valence-electron chi connectivity index (χ1n) is 6.68. The third kappa shape index (κ3) is 2.76. The first kappa shape index (κ1) is 14.4. The predicted molar refractivity (Wildman–Crippen MR) is 87.1 cm³/mol. The van der Waals surface area contributed by atoms with Gasteiger partial charge in [-0.1, -0.05) is 0 Å². The van der Waals surface area contributed by atoms with Crippen LogP contribution in [0.1, 0.15) is 34.2 Å². The molecule has 2 N–H and O–H groups in total. The molecule has 0 bridgehead atoms. The minimum absolute atomic E-state index is 0.0550. The fourth-order valence-electron chi connectivity index (χ4n) is 2.17. The molecule has 1 unspecified atom stereocenters. The molecule has 0 spiro atoms. The molecule has 3 rings (SSSR count). The lowest BCUT2D eigenvalue weighted by Crippen LogP contribution is -2.22. The summed E-state index contributed by atoms with van der Waals surface area (Å²) in [4.78, 5) is 25.8. The Bertz CT molecular complexity index is 819. The second-order valence-corrected chi connectivity index (χ2v) is 7.08. The van der Waals surface area contributed by atoms with Gasteiger partial charge in [0.15, 0.2) is 0 Å². The highest BCUT2D eigenvalue weighted by atomic mass is 32.1. The van der Waals surface area contributed by atoms with Crippen molar-refractivity contribution in [2.75, 3.05) is 0 Å². The Kier molecular flexibility index (Phi) is 3.88. The van der Waals surface area contributed by atoms with Gasteiger partial charge in [-0.15, -0.1) is 22.7 Å². The van der Waals surface area contributed by atoms with Gasteiger partial charge in [0.05, 0.1) is 18.0 Å². The number of thiazole rings is 1. The maximum Gasteiger partial charge on any atom is 0.259 e. The van der Waals surface area contributed by atoms with E-state index in [2.05, 4.69) is 27.2 Å². The van der Waals surface area contributed by atoms with E-state index in [1.54, 1.807) is 28.9 Å². The summed E-state index contributed by atoms with van der Waals surface area (Å²) in [6.45, 7) is 6.55. The van der Waals surface area contributed by atoms with Crippen molar-refractivity contribution in [3.8, 4) is 0 Å². The van der Waals surface area contributed by atoms with Crippen molar-refractivity contribution in [1.82, 2.24) is 20.3 Å². The molecule has 0 aliphatic heterocycles. The van der Waals surface area contributed by atoms with Gasteiger partial charge in [0, 0.05) is 16.5 Å². The molecule has 3 aromatic rings. The normalized spacial score (nSPS) is 12.9. The van der Waals surface area contributed by atoms with Crippen molar-refractivity contribution in [2.45, 2.75) is 33.4 Å². The van der Waals surface area contributed by atoms with Crippen LogP contribution in [0.3, 0.4) is 0 Å². The Balaban J connectivity index is 1.83. The van der Waals surface area contributed by atoms with Crippen molar-refractivity contribution >= 4 is 32.9 Å². The molecule has 110 valence electrons. The third-order valence-electron chi connectivity index (χ3n) is 3.49. The van der Waals surface area contributed by atoms with Crippen LogP contribution in [0.25, 0.3) is 10.2 Å². The van der Waals surface area contributed by atoms with Gasteiger partial charge in [-0.05, 0) is 26.3 Å². The van der Waals surface area contributed by atoms with Gasteiger partial charge >= 0.3 is 0 Å². The van der Waals surface area contributed by atoms with E-state index in [1.807, 2.05) is 19.2 Å². The number of nitrogens with one attached hydrogen (secondary N) is 2. The molecule has 1 atom stereocenters. The monoisotopic (exact) mass is 320 g/mol. The molecule has 0 aliphatic carbocycles.